The van der Waals surface area contributed by atoms with Crippen molar-refractivity contribution in [3.05, 3.63) is 39.6 Å². The van der Waals surface area contributed by atoms with Crippen molar-refractivity contribution in [1.82, 2.24) is 15.0 Å². The molecule has 0 N–H and O–H groups in total. The maximum Gasteiger partial charge on any atom is 0.259 e. The predicted octanol–water partition coefficient (Wildman–Crippen LogP) is 3.73. The van der Waals surface area contributed by atoms with Gasteiger partial charge in [0.1, 0.15) is 17.0 Å². The van der Waals surface area contributed by atoms with E-state index >= 15 is 0 Å². The molecule has 0 aliphatic carbocycles. The Labute approximate surface area is 151 Å². The van der Waals surface area contributed by atoms with E-state index in [0.717, 1.165) is 19.5 Å². The second-order valence-electron chi connectivity index (χ2n) is 6.01. The summed E-state index contributed by atoms with van der Waals surface area (Å²) in [6.07, 6.45) is 0.939. The van der Waals surface area contributed by atoms with Crippen molar-refractivity contribution in [3.8, 4) is 11.3 Å². The van der Waals surface area contributed by atoms with E-state index in [1.165, 1.54) is 0 Å². The van der Waals surface area contributed by atoms with E-state index < -0.39 is 0 Å². The average Bonchev–Trinajstić information content (AvgIpc) is 2.77. The van der Waals surface area contributed by atoms with Crippen LogP contribution in [0, 0.1) is 6.92 Å². The number of likely N-dealkylation sites (N-methyl/N-ethyl adjacent to an activating group) is 1. The number of amides is 1. The molecule has 3 rings (SSSR count). The molecule has 0 spiro atoms. The number of halogens is 2. The van der Waals surface area contributed by atoms with Crippen LogP contribution in [0.4, 0.5) is 0 Å². The van der Waals surface area contributed by atoms with Crippen LogP contribution in [-0.4, -0.2) is 54.1 Å². The lowest BCUT2D eigenvalue weighted by Gasteiger charge is -2.20. The van der Waals surface area contributed by atoms with Gasteiger partial charge in [0.05, 0.1) is 10.0 Å². The Hall–Kier alpha value is -1.56. The van der Waals surface area contributed by atoms with Crippen molar-refractivity contribution in [1.29, 1.82) is 0 Å². The number of carbonyl (C=O) groups excluding carboxylic acids is 1. The van der Waals surface area contributed by atoms with E-state index in [2.05, 4.69) is 17.1 Å². The minimum Gasteiger partial charge on any atom is -0.360 e. The van der Waals surface area contributed by atoms with E-state index in [1.807, 2.05) is 4.90 Å². The van der Waals surface area contributed by atoms with Crippen LogP contribution in [0.15, 0.2) is 22.7 Å². The Morgan fingerprint density at radius 1 is 1.17 bits per heavy atom. The van der Waals surface area contributed by atoms with Gasteiger partial charge in [0.2, 0.25) is 0 Å². The molecule has 0 bridgehead atoms. The van der Waals surface area contributed by atoms with Gasteiger partial charge < -0.3 is 14.3 Å². The van der Waals surface area contributed by atoms with Gasteiger partial charge in [-0.1, -0.05) is 34.4 Å². The van der Waals surface area contributed by atoms with E-state index in [1.54, 1.807) is 25.1 Å². The molecule has 0 atom stereocenters. The molecule has 7 heteroatoms. The van der Waals surface area contributed by atoms with Gasteiger partial charge in [-0.2, -0.15) is 0 Å². The van der Waals surface area contributed by atoms with Crippen molar-refractivity contribution in [2.75, 3.05) is 33.2 Å². The molecule has 1 aromatic heterocycles. The van der Waals surface area contributed by atoms with E-state index in [9.17, 15) is 4.79 Å². The fourth-order valence-corrected chi connectivity index (χ4v) is 3.50. The zero-order chi connectivity index (χ0) is 17.3. The van der Waals surface area contributed by atoms with Gasteiger partial charge in [0, 0.05) is 25.2 Å². The molecular formula is C17H19Cl2N3O2. The molecule has 1 aromatic carbocycles. The maximum atomic E-state index is 13.1. The SMILES string of the molecule is Cc1onc(-c2c(Cl)cccc2Cl)c1C(=O)N1CCCN(C)CC1. The van der Waals surface area contributed by atoms with Gasteiger partial charge in [-0.05, 0) is 39.1 Å². The summed E-state index contributed by atoms with van der Waals surface area (Å²) in [5, 5.41) is 4.95. The first-order chi connectivity index (χ1) is 11.5. The largest absolute Gasteiger partial charge is 0.360 e. The minimum absolute atomic E-state index is 0.0879. The fraction of sp³-hybridized carbons (Fsp3) is 0.412. The van der Waals surface area contributed by atoms with Crippen LogP contribution < -0.4 is 0 Å². The molecule has 24 heavy (non-hydrogen) atoms. The second kappa shape index (κ2) is 7.13. The molecule has 0 unspecified atom stereocenters. The highest BCUT2D eigenvalue weighted by Crippen LogP contribution is 2.37. The second-order valence-corrected chi connectivity index (χ2v) is 6.82. The number of hydrogen-bond donors (Lipinski definition) is 0. The van der Waals surface area contributed by atoms with Gasteiger partial charge >= 0.3 is 0 Å². The van der Waals surface area contributed by atoms with Gasteiger partial charge in [0.25, 0.3) is 5.91 Å². The summed E-state index contributed by atoms with van der Waals surface area (Å²) in [5.74, 6) is 0.388. The van der Waals surface area contributed by atoms with E-state index in [4.69, 9.17) is 27.7 Å². The fourth-order valence-electron chi connectivity index (χ4n) is 2.93. The molecule has 1 amide bonds. The van der Waals surface area contributed by atoms with Crippen LogP contribution in [0.1, 0.15) is 22.5 Å². The Morgan fingerprint density at radius 3 is 2.58 bits per heavy atom. The summed E-state index contributed by atoms with van der Waals surface area (Å²) in [5.41, 5.74) is 1.38. The Kier molecular flexibility index (Phi) is 5.13. The van der Waals surface area contributed by atoms with Crippen LogP contribution in [0.5, 0.6) is 0 Å². The molecule has 0 radical (unpaired) electrons. The lowest BCUT2D eigenvalue weighted by Crippen LogP contribution is -2.34. The molecule has 0 saturated carbocycles. The van der Waals surface area contributed by atoms with Crippen LogP contribution in [-0.2, 0) is 0 Å². The molecule has 1 saturated heterocycles. The van der Waals surface area contributed by atoms with Crippen molar-refractivity contribution < 1.29 is 9.32 Å². The van der Waals surface area contributed by atoms with Crippen LogP contribution in [0.25, 0.3) is 11.3 Å². The average molecular weight is 368 g/mol. The summed E-state index contributed by atoms with van der Waals surface area (Å²) in [7, 11) is 2.06. The van der Waals surface area contributed by atoms with E-state index in [0.29, 0.717) is 45.7 Å². The predicted molar refractivity (Wildman–Crippen MR) is 94.7 cm³/mol. The van der Waals surface area contributed by atoms with E-state index in [-0.39, 0.29) is 5.91 Å². The lowest BCUT2D eigenvalue weighted by molar-refractivity contribution is 0.0761. The Balaban J connectivity index is 2.00. The topological polar surface area (TPSA) is 49.6 Å². The summed E-state index contributed by atoms with van der Waals surface area (Å²) < 4.78 is 5.30. The summed E-state index contributed by atoms with van der Waals surface area (Å²) >= 11 is 12.6. The monoisotopic (exact) mass is 367 g/mol. The summed E-state index contributed by atoms with van der Waals surface area (Å²) in [6, 6.07) is 5.21. The number of benzene rings is 1. The third kappa shape index (κ3) is 3.29. The molecule has 1 aliphatic rings. The standard InChI is InChI=1S/C17H19Cl2N3O2/c1-11-14(17(23)22-8-4-7-21(2)9-10-22)16(20-24-11)15-12(18)5-3-6-13(15)19/h3,5-6H,4,7-10H2,1-2H3. The maximum absolute atomic E-state index is 13.1. The van der Waals surface area contributed by atoms with Gasteiger partial charge in [0.15, 0.2) is 0 Å². The number of hydrogen-bond acceptors (Lipinski definition) is 4. The van der Waals surface area contributed by atoms with Gasteiger partial charge in [-0.25, -0.2) is 0 Å². The van der Waals surface area contributed by atoms with Crippen LogP contribution in [0.3, 0.4) is 0 Å². The molecule has 5 nitrogen and oxygen atoms in total. The highest BCUT2D eigenvalue weighted by molar-refractivity contribution is 6.39. The number of aryl methyl sites for hydroxylation is 1. The Morgan fingerprint density at radius 2 is 1.88 bits per heavy atom. The highest BCUT2D eigenvalue weighted by Gasteiger charge is 2.28. The number of carbonyl (C=O) groups is 1. The molecule has 1 aliphatic heterocycles. The van der Waals surface area contributed by atoms with Crippen LogP contribution in [0.2, 0.25) is 10.0 Å². The zero-order valence-corrected chi connectivity index (χ0v) is 15.2. The normalized spacial score (nSPS) is 16.2. The van der Waals surface area contributed by atoms with Crippen molar-refractivity contribution in [3.63, 3.8) is 0 Å². The summed E-state index contributed by atoms with van der Waals surface area (Å²) in [4.78, 5) is 17.1. The smallest absolute Gasteiger partial charge is 0.259 e. The van der Waals surface area contributed by atoms with Crippen LogP contribution >= 0.6 is 23.2 Å². The first-order valence-corrected chi connectivity index (χ1v) is 8.63. The molecular weight excluding hydrogens is 349 g/mol. The van der Waals surface area contributed by atoms with Gasteiger partial charge in [-0.15, -0.1) is 0 Å². The first kappa shape index (κ1) is 17.3. The highest BCUT2D eigenvalue weighted by atomic mass is 35.5. The molecule has 2 aromatic rings. The Bertz CT molecular complexity index is 740. The van der Waals surface area contributed by atoms with Crippen molar-refractivity contribution in [2.24, 2.45) is 0 Å². The van der Waals surface area contributed by atoms with Crippen molar-refractivity contribution in [2.45, 2.75) is 13.3 Å². The summed E-state index contributed by atoms with van der Waals surface area (Å²) in [6.45, 7) is 4.95. The first-order valence-electron chi connectivity index (χ1n) is 7.87. The molecule has 2 heterocycles. The van der Waals surface area contributed by atoms with Gasteiger partial charge in [-0.3, -0.25) is 4.79 Å². The quantitative estimate of drug-likeness (QED) is 0.811. The molecule has 1 fully saturated rings. The third-order valence-corrected chi connectivity index (χ3v) is 4.91. The number of rotatable bonds is 2. The zero-order valence-electron chi connectivity index (χ0n) is 13.7. The number of nitrogens with zero attached hydrogens (tertiary/aromatic N) is 3. The minimum atomic E-state index is -0.0879. The number of aromatic nitrogens is 1. The third-order valence-electron chi connectivity index (χ3n) is 4.28. The molecule has 128 valence electrons. The lowest BCUT2D eigenvalue weighted by atomic mass is 10.0. The van der Waals surface area contributed by atoms with Crippen molar-refractivity contribution >= 4 is 29.1 Å².